The Hall–Kier alpha value is -3.55. The maximum Gasteiger partial charge on any atom is 0.396 e. The number of rotatable bonds is 6. The summed E-state index contributed by atoms with van der Waals surface area (Å²) < 4.78 is 6.60. The van der Waals surface area contributed by atoms with Crippen molar-refractivity contribution in [3.63, 3.8) is 0 Å². The zero-order chi connectivity index (χ0) is 18.7. The number of benzene rings is 1. The minimum Gasteiger partial charge on any atom is -0.433 e. The number of ether oxygens (including phenoxy) is 1. The molecule has 0 N–H and O–H groups in total. The SMILES string of the molecule is CC(=O)CCc1ccc(Oc2nc3ccccn3c(=O)c2[N+](=O)[O-])cc1. The molecule has 0 atom stereocenters. The van der Waals surface area contributed by atoms with Crippen LogP contribution in [0.15, 0.2) is 53.5 Å². The lowest BCUT2D eigenvalue weighted by Crippen LogP contribution is -2.19. The molecular formula is C18H15N3O5. The van der Waals surface area contributed by atoms with E-state index in [9.17, 15) is 19.7 Å². The smallest absolute Gasteiger partial charge is 0.396 e. The van der Waals surface area contributed by atoms with Crippen LogP contribution < -0.4 is 10.3 Å². The van der Waals surface area contributed by atoms with E-state index in [0.717, 1.165) is 9.96 Å². The molecule has 3 aromatic rings. The van der Waals surface area contributed by atoms with Gasteiger partial charge in [0.25, 0.3) is 0 Å². The summed E-state index contributed by atoms with van der Waals surface area (Å²) in [6.45, 7) is 1.53. The minimum atomic E-state index is -0.811. The lowest BCUT2D eigenvalue weighted by molar-refractivity contribution is -0.387. The Morgan fingerprint density at radius 2 is 1.96 bits per heavy atom. The molecule has 0 radical (unpaired) electrons. The predicted octanol–water partition coefficient (Wildman–Crippen LogP) is 2.92. The quantitative estimate of drug-likeness (QED) is 0.498. The molecule has 0 saturated carbocycles. The van der Waals surface area contributed by atoms with E-state index in [-0.39, 0.29) is 17.3 Å². The van der Waals surface area contributed by atoms with Gasteiger partial charge in [-0.25, -0.2) is 0 Å². The first-order valence-electron chi connectivity index (χ1n) is 7.88. The van der Waals surface area contributed by atoms with Crippen LogP contribution in [0, 0.1) is 10.1 Å². The number of carbonyl (C=O) groups is 1. The van der Waals surface area contributed by atoms with Gasteiger partial charge in [0.1, 0.15) is 17.2 Å². The van der Waals surface area contributed by atoms with Crippen molar-refractivity contribution in [1.29, 1.82) is 0 Å². The average Bonchev–Trinajstić information content (AvgIpc) is 2.61. The van der Waals surface area contributed by atoms with Crippen LogP contribution in [0.4, 0.5) is 5.69 Å². The standard InChI is InChI=1S/C18H15N3O5/c1-12(22)5-6-13-7-9-14(10-8-13)26-17-16(21(24)25)18(23)20-11-3-2-4-15(20)19-17/h2-4,7-11H,5-6H2,1H3. The molecule has 0 aliphatic rings. The second-order valence-electron chi connectivity index (χ2n) is 5.70. The van der Waals surface area contributed by atoms with Gasteiger partial charge in [0, 0.05) is 12.6 Å². The van der Waals surface area contributed by atoms with Crippen LogP contribution in [-0.4, -0.2) is 20.1 Å². The number of aromatic nitrogens is 2. The Kier molecular flexibility index (Phi) is 4.74. The second-order valence-corrected chi connectivity index (χ2v) is 5.70. The predicted molar refractivity (Wildman–Crippen MR) is 93.6 cm³/mol. The Morgan fingerprint density at radius 1 is 1.23 bits per heavy atom. The van der Waals surface area contributed by atoms with Gasteiger partial charge in [-0.2, -0.15) is 4.98 Å². The first kappa shape index (κ1) is 17.3. The second kappa shape index (κ2) is 7.14. The lowest BCUT2D eigenvalue weighted by Gasteiger charge is -2.08. The fraction of sp³-hybridized carbons (Fsp3) is 0.167. The van der Waals surface area contributed by atoms with Gasteiger partial charge in [-0.05, 0) is 43.2 Å². The highest BCUT2D eigenvalue weighted by Gasteiger charge is 2.25. The maximum absolute atomic E-state index is 12.4. The van der Waals surface area contributed by atoms with E-state index in [2.05, 4.69) is 4.98 Å². The highest BCUT2D eigenvalue weighted by molar-refractivity contribution is 5.75. The first-order valence-corrected chi connectivity index (χ1v) is 7.88. The van der Waals surface area contributed by atoms with Crippen LogP contribution >= 0.6 is 0 Å². The summed E-state index contributed by atoms with van der Waals surface area (Å²) in [5.41, 5.74) is -0.354. The zero-order valence-corrected chi connectivity index (χ0v) is 13.9. The first-order chi connectivity index (χ1) is 12.5. The summed E-state index contributed by atoms with van der Waals surface area (Å²) in [4.78, 5) is 38.0. The molecule has 0 spiro atoms. The summed E-state index contributed by atoms with van der Waals surface area (Å²) in [7, 11) is 0. The van der Waals surface area contributed by atoms with E-state index in [4.69, 9.17) is 4.74 Å². The van der Waals surface area contributed by atoms with Crippen LogP contribution in [-0.2, 0) is 11.2 Å². The van der Waals surface area contributed by atoms with Crippen molar-refractivity contribution in [3.8, 4) is 11.6 Å². The third-order valence-electron chi connectivity index (χ3n) is 3.76. The Labute approximate surface area is 147 Å². The molecule has 0 aliphatic carbocycles. The van der Waals surface area contributed by atoms with Crippen molar-refractivity contribution in [3.05, 3.63) is 74.7 Å². The third kappa shape index (κ3) is 3.59. The fourth-order valence-electron chi connectivity index (χ4n) is 2.44. The number of fused-ring (bicyclic) bond motifs is 1. The van der Waals surface area contributed by atoms with Crippen LogP contribution in [0.3, 0.4) is 0 Å². The summed E-state index contributed by atoms with van der Waals surface area (Å²) in [6, 6.07) is 11.6. The fourth-order valence-corrected chi connectivity index (χ4v) is 2.44. The molecule has 0 fully saturated rings. The van der Waals surface area contributed by atoms with Crippen molar-refractivity contribution >= 4 is 17.1 Å². The van der Waals surface area contributed by atoms with Gasteiger partial charge in [0.05, 0.1) is 4.92 Å². The molecule has 0 unspecified atom stereocenters. The van der Waals surface area contributed by atoms with Crippen molar-refractivity contribution in [2.24, 2.45) is 0 Å². The Bertz CT molecular complexity index is 1040. The molecule has 0 amide bonds. The number of carbonyl (C=O) groups excluding carboxylic acids is 1. The van der Waals surface area contributed by atoms with E-state index in [1.165, 1.54) is 13.1 Å². The van der Waals surface area contributed by atoms with Crippen LogP contribution in [0.5, 0.6) is 11.6 Å². The number of Topliss-reactive ketones (excluding diaryl/α,β-unsaturated/α-hetero) is 1. The van der Waals surface area contributed by atoms with Gasteiger partial charge < -0.3 is 9.53 Å². The molecule has 0 aliphatic heterocycles. The zero-order valence-electron chi connectivity index (χ0n) is 13.9. The van der Waals surface area contributed by atoms with Gasteiger partial charge in [0.2, 0.25) is 0 Å². The number of nitrogens with zero attached hydrogens (tertiary/aromatic N) is 3. The highest BCUT2D eigenvalue weighted by atomic mass is 16.6. The third-order valence-corrected chi connectivity index (χ3v) is 3.76. The lowest BCUT2D eigenvalue weighted by atomic mass is 10.1. The van der Waals surface area contributed by atoms with Gasteiger partial charge in [0.15, 0.2) is 0 Å². The highest BCUT2D eigenvalue weighted by Crippen LogP contribution is 2.27. The monoisotopic (exact) mass is 353 g/mol. The topological polar surface area (TPSA) is 104 Å². The number of hydrogen-bond acceptors (Lipinski definition) is 6. The summed E-state index contributed by atoms with van der Waals surface area (Å²) in [5, 5.41) is 11.3. The molecule has 26 heavy (non-hydrogen) atoms. The summed E-state index contributed by atoms with van der Waals surface area (Å²) >= 11 is 0. The number of ketones is 1. The largest absolute Gasteiger partial charge is 0.433 e. The molecular weight excluding hydrogens is 338 g/mol. The molecule has 3 rings (SSSR count). The van der Waals surface area contributed by atoms with E-state index >= 15 is 0 Å². The maximum atomic E-state index is 12.4. The van der Waals surface area contributed by atoms with Crippen molar-refractivity contribution < 1.29 is 14.5 Å². The van der Waals surface area contributed by atoms with Crippen molar-refractivity contribution in [2.75, 3.05) is 0 Å². The summed E-state index contributed by atoms with van der Waals surface area (Å²) in [5.74, 6) is 0.0522. The number of nitro groups is 1. The van der Waals surface area contributed by atoms with E-state index in [0.29, 0.717) is 18.6 Å². The van der Waals surface area contributed by atoms with Gasteiger partial charge in [-0.3, -0.25) is 19.3 Å². The van der Waals surface area contributed by atoms with E-state index < -0.39 is 16.2 Å². The minimum absolute atomic E-state index is 0.0989. The molecule has 8 nitrogen and oxygen atoms in total. The van der Waals surface area contributed by atoms with Gasteiger partial charge in [-0.1, -0.05) is 18.2 Å². The number of hydrogen-bond donors (Lipinski definition) is 0. The molecule has 0 saturated heterocycles. The average molecular weight is 353 g/mol. The van der Waals surface area contributed by atoms with Crippen molar-refractivity contribution in [2.45, 2.75) is 19.8 Å². The molecule has 2 aromatic heterocycles. The molecule has 132 valence electrons. The number of pyridine rings is 1. The van der Waals surface area contributed by atoms with Crippen molar-refractivity contribution in [1.82, 2.24) is 9.38 Å². The summed E-state index contributed by atoms with van der Waals surface area (Å²) in [6.07, 6.45) is 2.45. The Morgan fingerprint density at radius 3 is 2.62 bits per heavy atom. The van der Waals surface area contributed by atoms with E-state index in [1.54, 1.807) is 42.5 Å². The Balaban J connectivity index is 1.95. The van der Waals surface area contributed by atoms with Crippen LogP contribution in [0.2, 0.25) is 0 Å². The van der Waals surface area contributed by atoms with E-state index in [1.807, 2.05) is 0 Å². The molecule has 8 heteroatoms. The molecule has 2 heterocycles. The van der Waals surface area contributed by atoms with Crippen LogP contribution in [0.25, 0.3) is 5.65 Å². The number of aryl methyl sites for hydroxylation is 1. The normalized spacial score (nSPS) is 10.7. The van der Waals surface area contributed by atoms with Gasteiger partial charge in [-0.15, -0.1) is 0 Å². The molecule has 0 bridgehead atoms. The molecule has 1 aromatic carbocycles. The van der Waals surface area contributed by atoms with Crippen LogP contribution in [0.1, 0.15) is 18.9 Å². The van der Waals surface area contributed by atoms with Gasteiger partial charge >= 0.3 is 17.1 Å².